The van der Waals surface area contributed by atoms with Gasteiger partial charge in [-0.25, -0.2) is 9.37 Å². The summed E-state index contributed by atoms with van der Waals surface area (Å²) >= 11 is 0. The van der Waals surface area contributed by atoms with E-state index in [1.54, 1.807) is 18.3 Å². The van der Waals surface area contributed by atoms with Gasteiger partial charge in [0.25, 0.3) is 0 Å². The fraction of sp³-hybridized carbons (Fsp3) is 0.381. The number of nitrogens with zero attached hydrogens (tertiary/aromatic N) is 5. The monoisotopic (exact) mass is 381 g/mol. The number of fused-ring (bicyclic) bond motifs is 1. The third-order valence-electron chi connectivity index (χ3n) is 4.96. The molecule has 1 fully saturated rings. The maximum atomic E-state index is 14.0. The smallest absolute Gasteiger partial charge is 0.228 e. The van der Waals surface area contributed by atoms with Gasteiger partial charge in [-0.3, -0.25) is 9.88 Å². The van der Waals surface area contributed by atoms with Gasteiger partial charge in [0.15, 0.2) is 0 Å². The predicted molar refractivity (Wildman–Crippen MR) is 107 cm³/mol. The lowest BCUT2D eigenvalue weighted by atomic mass is 10.1. The first-order valence-electron chi connectivity index (χ1n) is 9.62. The van der Waals surface area contributed by atoms with Crippen LogP contribution in [0.1, 0.15) is 18.2 Å². The van der Waals surface area contributed by atoms with Crippen molar-refractivity contribution in [2.45, 2.75) is 20.4 Å². The van der Waals surface area contributed by atoms with Gasteiger partial charge < -0.3 is 9.64 Å². The summed E-state index contributed by atoms with van der Waals surface area (Å²) in [5, 5.41) is 0.579. The molecule has 1 aliphatic heterocycles. The Morgan fingerprint density at radius 3 is 2.71 bits per heavy atom. The molecule has 0 spiro atoms. The highest BCUT2D eigenvalue weighted by Gasteiger charge is 2.21. The van der Waals surface area contributed by atoms with Crippen LogP contribution in [0.15, 0.2) is 36.5 Å². The molecular formula is C21H24FN5O. The zero-order valence-corrected chi connectivity index (χ0v) is 16.2. The van der Waals surface area contributed by atoms with Gasteiger partial charge >= 0.3 is 0 Å². The Bertz CT molecular complexity index is 972. The van der Waals surface area contributed by atoms with E-state index in [2.05, 4.69) is 24.8 Å². The highest BCUT2D eigenvalue weighted by Crippen LogP contribution is 2.22. The largest absolute Gasteiger partial charge is 0.478 e. The number of rotatable bonds is 5. The summed E-state index contributed by atoms with van der Waals surface area (Å²) in [6.45, 7) is 8.67. The zero-order chi connectivity index (χ0) is 19.5. The van der Waals surface area contributed by atoms with E-state index in [4.69, 9.17) is 4.74 Å². The molecule has 1 aromatic carbocycles. The standard InChI is InChI=1S/C21H24FN5O/c1-3-28-19-13-15(2)24-21(25-19)27-11-9-26(10-12-27)14-16-6-7-18(22)17-5-4-8-23-20(16)17/h4-8,13H,3,9-12,14H2,1-2H3. The highest BCUT2D eigenvalue weighted by molar-refractivity contribution is 5.82. The minimum atomic E-state index is -0.224. The Morgan fingerprint density at radius 2 is 1.93 bits per heavy atom. The first-order chi connectivity index (χ1) is 13.6. The van der Waals surface area contributed by atoms with E-state index >= 15 is 0 Å². The Labute approximate surface area is 164 Å². The van der Waals surface area contributed by atoms with Crippen LogP contribution in [-0.4, -0.2) is 52.6 Å². The van der Waals surface area contributed by atoms with Crippen LogP contribution in [0.3, 0.4) is 0 Å². The number of hydrogen-bond donors (Lipinski definition) is 0. The molecule has 0 saturated carbocycles. The number of halogens is 1. The van der Waals surface area contributed by atoms with Crippen LogP contribution in [0.2, 0.25) is 0 Å². The van der Waals surface area contributed by atoms with E-state index in [1.807, 2.05) is 26.0 Å². The van der Waals surface area contributed by atoms with Crippen LogP contribution >= 0.6 is 0 Å². The SMILES string of the molecule is CCOc1cc(C)nc(N2CCN(Cc3ccc(F)c4cccnc34)CC2)n1. The first kappa shape index (κ1) is 18.6. The Morgan fingerprint density at radius 1 is 1.11 bits per heavy atom. The van der Waals surface area contributed by atoms with E-state index in [1.165, 1.54) is 6.07 Å². The summed E-state index contributed by atoms with van der Waals surface area (Å²) in [4.78, 5) is 18.0. The van der Waals surface area contributed by atoms with E-state index < -0.39 is 0 Å². The van der Waals surface area contributed by atoms with Crippen molar-refractivity contribution in [3.05, 3.63) is 53.6 Å². The van der Waals surface area contributed by atoms with E-state index in [9.17, 15) is 4.39 Å². The summed E-state index contributed by atoms with van der Waals surface area (Å²) in [7, 11) is 0. The van der Waals surface area contributed by atoms with Crippen molar-refractivity contribution >= 4 is 16.9 Å². The third-order valence-corrected chi connectivity index (χ3v) is 4.96. The lowest BCUT2D eigenvalue weighted by molar-refractivity contribution is 0.249. The van der Waals surface area contributed by atoms with E-state index in [0.717, 1.165) is 55.4 Å². The van der Waals surface area contributed by atoms with Crippen molar-refractivity contribution in [2.75, 3.05) is 37.7 Å². The molecule has 1 aliphatic rings. The zero-order valence-electron chi connectivity index (χ0n) is 16.2. The Balaban J connectivity index is 1.45. The fourth-order valence-electron chi connectivity index (χ4n) is 3.56. The molecule has 28 heavy (non-hydrogen) atoms. The molecule has 0 aliphatic carbocycles. The molecule has 1 saturated heterocycles. The van der Waals surface area contributed by atoms with Crippen LogP contribution in [0.25, 0.3) is 10.9 Å². The van der Waals surface area contributed by atoms with Crippen molar-refractivity contribution in [1.82, 2.24) is 19.9 Å². The van der Waals surface area contributed by atoms with Gasteiger partial charge in [-0.15, -0.1) is 0 Å². The summed E-state index contributed by atoms with van der Waals surface area (Å²) < 4.78 is 19.6. The summed E-state index contributed by atoms with van der Waals surface area (Å²) in [5.74, 6) is 1.12. The number of anilines is 1. The summed E-state index contributed by atoms with van der Waals surface area (Å²) in [6, 6.07) is 8.78. The average Bonchev–Trinajstić information content (AvgIpc) is 2.71. The molecule has 0 atom stereocenters. The average molecular weight is 381 g/mol. The van der Waals surface area contributed by atoms with Gasteiger partial charge in [-0.05, 0) is 37.6 Å². The van der Waals surface area contributed by atoms with E-state index in [0.29, 0.717) is 17.9 Å². The molecule has 146 valence electrons. The number of hydrogen-bond acceptors (Lipinski definition) is 6. The van der Waals surface area contributed by atoms with Crippen LogP contribution in [0, 0.1) is 12.7 Å². The molecule has 0 radical (unpaired) electrons. The summed E-state index contributed by atoms with van der Waals surface area (Å²) in [6.07, 6.45) is 1.72. The number of ether oxygens (including phenoxy) is 1. The van der Waals surface area contributed by atoms with Gasteiger partial charge in [0.2, 0.25) is 11.8 Å². The van der Waals surface area contributed by atoms with Gasteiger partial charge in [-0.1, -0.05) is 6.07 Å². The van der Waals surface area contributed by atoms with Crippen LogP contribution in [0.4, 0.5) is 10.3 Å². The lowest BCUT2D eigenvalue weighted by Gasteiger charge is -2.35. The Hall–Kier alpha value is -2.80. The molecular weight excluding hydrogens is 357 g/mol. The van der Waals surface area contributed by atoms with Gasteiger partial charge in [0, 0.05) is 56.1 Å². The number of piperazine rings is 1. The molecule has 4 rings (SSSR count). The molecule has 6 nitrogen and oxygen atoms in total. The molecule has 0 unspecified atom stereocenters. The van der Waals surface area contributed by atoms with Crippen molar-refractivity contribution in [3.8, 4) is 5.88 Å². The maximum absolute atomic E-state index is 14.0. The molecule has 0 N–H and O–H groups in total. The van der Waals surface area contributed by atoms with E-state index in [-0.39, 0.29) is 5.82 Å². The van der Waals surface area contributed by atoms with Crippen molar-refractivity contribution < 1.29 is 9.13 Å². The highest BCUT2D eigenvalue weighted by atomic mass is 19.1. The predicted octanol–water partition coefficient (Wildman–Crippen LogP) is 3.19. The topological polar surface area (TPSA) is 54.4 Å². The number of aromatic nitrogens is 3. The molecule has 2 aromatic heterocycles. The second-order valence-corrected chi connectivity index (χ2v) is 6.95. The third kappa shape index (κ3) is 3.89. The van der Waals surface area contributed by atoms with Crippen LogP contribution < -0.4 is 9.64 Å². The minimum absolute atomic E-state index is 0.224. The fourth-order valence-corrected chi connectivity index (χ4v) is 3.56. The van der Waals surface area contributed by atoms with Crippen molar-refractivity contribution in [2.24, 2.45) is 0 Å². The van der Waals surface area contributed by atoms with Crippen LogP contribution in [-0.2, 0) is 6.54 Å². The molecule has 7 heteroatoms. The second-order valence-electron chi connectivity index (χ2n) is 6.95. The lowest BCUT2D eigenvalue weighted by Crippen LogP contribution is -2.46. The molecule has 3 aromatic rings. The number of aryl methyl sites for hydroxylation is 1. The quantitative estimate of drug-likeness (QED) is 0.677. The number of benzene rings is 1. The van der Waals surface area contributed by atoms with Crippen LogP contribution in [0.5, 0.6) is 5.88 Å². The second kappa shape index (κ2) is 8.06. The van der Waals surface area contributed by atoms with Crippen molar-refractivity contribution in [3.63, 3.8) is 0 Å². The normalized spacial score (nSPS) is 15.2. The molecule has 0 bridgehead atoms. The maximum Gasteiger partial charge on any atom is 0.228 e. The van der Waals surface area contributed by atoms with Gasteiger partial charge in [0.05, 0.1) is 12.1 Å². The van der Waals surface area contributed by atoms with Crippen molar-refractivity contribution in [1.29, 1.82) is 0 Å². The summed E-state index contributed by atoms with van der Waals surface area (Å²) in [5.41, 5.74) is 2.70. The molecule has 3 heterocycles. The van der Waals surface area contributed by atoms with Gasteiger partial charge in [0.1, 0.15) is 5.82 Å². The molecule has 0 amide bonds. The Kier molecular flexibility index (Phi) is 5.34. The first-order valence-corrected chi connectivity index (χ1v) is 9.62. The van der Waals surface area contributed by atoms with Gasteiger partial charge in [-0.2, -0.15) is 4.98 Å². The minimum Gasteiger partial charge on any atom is -0.478 e. The number of pyridine rings is 1.